The molecule has 0 saturated carbocycles. The smallest absolute Gasteiger partial charge is 0.151 e. The molecule has 120 valence electrons. The minimum absolute atomic E-state index is 0.103. The molecule has 3 aromatic heterocycles. The Morgan fingerprint density at radius 2 is 2.04 bits per heavy atom. The van der Waals surface area contributed by atoms with Gasteiger partial charge in [0, 0.05) is 29.5 Å². The van der Waals surface area contributed by atoms with Crippen LogP contribution in [0.1, 0.15) is 17.7 Å². The fourth-order valence-electron chi connectivity index (χ4n) is 2.71. The average Bonchev–Trinajstić information content (AvgIpc) is 2.80. The number of aromatic nitrogens is 4. The molecule has 0 unspecified atom stereocenters. The van der Waals surface area contributed by atoms with Crippen LogP contribution in [0.2, 0.25) is 0 Å². The number of rotatable bonds is 4. The molecule has 3 aromatic rings. The van der Waals surface area contributed by atoms with Crippen molar-refractivity contribution >= 4 is 27.0 Å². The van der Waals surface area contributed by atoms with Gasteiger partial charge in [-0.05, 0) is 53.9 Å². The molecule has 3 heterocycles. The number of halogens is 1. The van der Waals surface area contributed by atoms with E-state index in [0.717, 1.165) is 32.6 Å². The third-order valence-corrected chi connectivity index (χ3v) is 4.50. The van der Waals surface area contributed by atoms with Gasteiger partial charge in [0.05, 0.1) is 11.7 Å². The number of aliphatic hydroxyl groups excluding tert-OH is 1. The van der Waals surface area contributed by atoms with Gasteiger partial charge in [-0.3, -0.25) is 9.98 Å². The molecule has 2 N–H and O–H groups in total. The van der Waals surface area contributed by atoms with Gasteiger partial charge in [-0.15, -0.1) is 0 Å². The zero-order chi connectivity index (χ0) is 16.6. The van der Waals surface area contributed by atoms with E-state index in [9.17, 15) is 0 Å². The van der Waals surface area contributed by atoms with Crippen molar-refractivity contribution in [3.63, 3.8) is 0 Å². The van der Waals surface area contributed by atoms with Gasteiger partial charge in [-0.2, -0.15) is 0 Å². The van der Waals surface area contributed by atoms with Gasteiger partial charge >= 0.3 is 0 Å². The van der Waals surface area contributed by atoms with Crippen molar-refractivity contribution < 1.29 is 5.11 Å². The summed E-state index contributed by atoms with van der Waals surface area (Å²) in [5, 5.41) is 18.3. The van der Waals surface area contributed by atoms with Gasteiger partial charge in [0.15, 0.2) is 5.65 Å². The summed E-state index contributed by atoms with van der Waals surface area (Å²) in [6.45, 7) is 4.70. The van der Waals surface area contributed by atoms with E-state index in [1.807, 2.05) is 30.5 Å². The van der Waals surface area contributed by atoms with Crippen LogP contribution in [0.4, 0.5) is 0 Å². The summed E-state index contributed by atoms with van der Waals surface area (Å²) in [6, 6.07) is 3.86. The number of pyridine rings is 1. The maximum Gasteiger partial charge on any atom is 0.151 e. The van der Waals surface area contributed by atoms with Crippen LogP contribution in [0.25, 0.3) is 16.9 Å². The van der Waals surface area contributed by atoms with Gasteiger partial charge in [-0.1, -0.05) is 0 Å². The Hall–Kier alpha value is -1.99. The lowest BCUT2D eigenvalue weighted by Crippen LogP contribution is -2.21. The first-order valence-electron chi connectivity index (χ1n) is 7.39. The van der Waals surface area contributed by atoms with Crippen LogP contribution in [0.3, 0.4) is 0 Å². The molecule has 0 fully saturated rings. The second kappa shape index (κ2) is 6.25. The third kappa shape index (κ3) is 2.70. The number of aliphatic hydroxyl groups is 1. The monoisotopic (exact) mass is 375 g/mol. The number of hydrogen-bond donors (Lipinski definition) is 2. The maximum atomic E-state index is 8.99. The zero-order valence-corrected chi connectivity index (χ0v) is 14.6. The fraction of sp³-hybridized carbons (Fsp3) is 0.312. The van der Waals surface area contributed by atoms with E-state index in [0.29, 0.717) is 18.5 Å². The van der Waals surface area contributed by atoms with E-state index in [4.69, 9.17) is 10.5 Å². The Labute approximate surface area is 142 Å². The number of nitrogens with zero attached hydrogens (tertiary/aromatic N) is 4. The summed E-state index contributed by atoms with van der Waals surface area (Å²) in [5.74, 6) is 0.781. The van der Waals surface area contributed by atoms with E-state index >= 15 is 0 Å². The van der Waals surface area contributed by atoms with Crippen LogP contribution in [-0.4, -0.2) is 30.8 Å². The molecule has 0 atom stereocenters. The highest BCUT2D eigenvalue weighted by molar-refractivity contribution is 9.10. The van der Waals surface area contributed by atoms with E-state index < -0.39 is 0 Å². The molecule has 7 heteroatoms. The van der Waals surface area contributed by atoms with Crippen molar-refractivity contribution in [2.45, 2.75) is 26.8 Å². The van der Waals surface area contributed by atoms with Crippen LogP contribution < -0.4 is 5.49 Å². The molecule has 3 rings (SSSR count). The van der Waals surface area contributed by atoms with Gasteiger partial charge < -0.3 is 9.67 Å². The minimum atomic E-state index is 0.103. The largest absolute Gasteiger partial charge is 0.396 e. The van der Waals surface area contributed by atoms with Crippen LogP contribution >= 0.6 is 15.9 Å². The first-order chi connectivity index (χ1) is 11.0. The van der Waals surface area contributed by atoms with E-state index in [1.165, 1.54) is 0 Å². The highest BCUT2D eigenvalue weighted by Gasteiger charge is 2.16. The molecular formula is C16H18BrN5O. The lowest BCUT2D eigenvalue weighted by atomic mass is 10.2. The van der Waals surface area contributed by atoms with Crippen LogP contribution in [-0.2, 0) is 6.54 Å². The van der Waals surface area contributed by atoms with E-state index in [1.54, 1.807) is 17.1 Å². The quantitative estimate of drug-likeness (QED) is 0.734. The molecule has 0 aliphatic heterocycles. The van der Waals surface area contributed by atoms with Crippen LogP contribution in [0.5, 0.6) is 0 Å². The number of hydrogen-bond acceptors (Lipinski definition) is 4. The predicted molar refractivity (Wildman–Crippen MR) is 91.6 cm³/mol. The fourth-order valence-corrected chi connectivity index (χ4v) is 2.94. The lowest BCUT2D eigenvalue weighted by Gasteiger charge is -2.08. The third-order valence-electron chi connectivity index (χ3n) is 4.03. The van der Waals surface area contributed by atoms with E-state index in [2.05, 4.69) is 25.9 Å². The summed E-state index contributed by atoms with van der Waals surface area (Å²) >= 11 is 3.40. The zero-order valence-electron chi connectivity index (χ0n) is 13.0. The van der Waals surface area contributed by atoms with Crippen LogP contribution in [0.15, 0.2) is 29.1 Å². The standard InChI is InChI=1S/C16H18BrN5O/c1-10-11(2)22(13-5-4-12(17)8-19-13)16-14(10)15(18)21(9-20-16)6-3-7-23/h4-5,8-9,18,23H,3,6-7H2,1-2H3. The molecule has 0 radical (unpaired) electrons. The summed E-state index contributed by atoms with van der Waals surface area (Å²) < 4.78 is 4.67. The Kier molecular flexibility index (Phi) is 4.32. The van der Waals surface area contributed by atoms with Gasteiger partial charge in [0.25, 0.3) is 0 Å². The molecule has 0 bridgehead atoms. The van der Waals surface area contributed by atoms with Crippen molar-refractivity contribution in [2.75, 3.05) is 6.61 Å². The number of fused-ring (bicyclic) bond motifs is 1. The summed E-state index contributed by atoms with van der Waals surface area (Å²) in [7, 11) is 0. The summed E-state index contributed by atoms with van der Waals surface area (Å²) in [6.07, 6.45) is 4.02. The minimum Gasteiger partial charge on any atom is -0.396 e. The first-order valence-corrected chi connectivity index (χ1v) is 8.18. The molecular weight excluding hydrogens is 358 g/mol. The van der Waals surface area contributed by atoms with E-state index in [-0.39, 0.29) is 6.61 Å². The molecule has 0 aliphatic rings. The molecule has 0 aromatic carbocycles. The molecule has 6 nitrogen and oxygen atoms in total. The Bertz CT molecular complexity index is 911. The Morgan fingerprint density at radius 1 is 1.26 bits per heavy atom. The molecule has 0 amide bonds. The second-order valence-corrected chi connectivity index (χ2v) is 6.36. The highest BCUT2D eigenvalue weighted by atomic mass is 79.9. The maximum absolute atomic E-state index is 8.99. The lowest BCUT2D eigenvalue weighted by molar-refractivity contribution is 0.278. The van der Waals surface area contributed by atoms with Gasteiger partial charge in [-0.25, -0.2) is 9.97 Å². The van der Waals surface area contributed by atoms with Crippen molar-refractivity contribution in [1.29, 1.82) is 5.41 Å². The topological polar surface area (TPSA) is 79.7 Å². The van der Waals surface area contributed by atoms with Gasteiger partial charge in [0.1, 0.15) is 11.3 Å². The molecule has 0 aliphatic carbocycles. The van der Waals surface area contributed by atoms with Crippen LogP contribution in [0, 0.1) is 19.3 Å². The Morgan fingerprint density at radius 3 is 2.70 bits per heavy atom. The first kappa shape index (κ1) is 15.9. The molecule has 0 spiro atoms. The highest BCUT2D eigenvalue weighted by Crippen LogP contribution is 2.24. The van der Waals surface area contributed by atoms with Crippen molar-refractivity contribution in [2.24, 2.45) is 0 Å². The average molecular weight is 376 g/mol. The normalized spacial score (nSPS) is 11.3. The number of aryl methyl sites for hydroxylation is 2. The second-order valence-electron chi connectivity index (χ2n) is 5.44. The van der Waals surface area contributed by atoms with Crippen molar-refractivity contribution in [1.82, 2.24) is 19.1 Å². The van der Waals surface area contributed by atoms with Gasteiger partial charge in [0.2, 0.25) is 0 Å². The summed E-state index contributed by atoms with van der Waals surface area (Å²) in [5.41, 5.74) is 3.20. The molecule has 0 saturated heterocycles. The number of nitrogens with one attached hydrogen (secondary N) is 1. The summed E-state index contributed by atoms with van der Waals surface area (Å²) in [4.78, 5) is 9.00. The SMILES string of the molecule is Cc1c(C)n(-c2ccc(Br)cn2)c2ncn(CCCO)c(=N)c12. The predicted octanol–water partition coefficient (Wildman–Crippen LogP) is 2.46. The Balaban J connectivity index is 2.25. The van der Waals surface area contributed by atoms with Crippen molar-refractivity contribution in [3.8, 4) is 5.82 Å². The molecule has 23 heavy (non-hydrogen) atoms. The van der Waals surface area contributed by atoms with Crippen molar-refractivity contribution in [3.05, 3.63) is 45.9 Å².